The Morgan fingerprint density at radius 3 is 1.67 bits per heavy atom. The van der Waals surface area contributed by atoms with Crippen LogP contribution in [0.2, 0.25) is 55.4 Å². The van der Waals surface area contributed by atoms with E-state index < -0.39 is 31.0 Å². The molecule has 1 unspecified atom stereocenters. The molecule has 6 nitrogen and oxygen atoms in total. The van der Waals surface area contributed by atoms with Crippen LogP contribution < -0.4 is 0 Å². The molecule has 0 saturated carbocycles. The van der Waals surface area contributed by atoms with Crippen LogP contribution in [0, 0.1) is 0 Å². The van der Waals surface area contributed by atoms with Crippen LogP contribution in [0.1, 0.15) is 61.3 Å². The molecule has 0 saturated heterocycles. The zero-order valence-corrected chi connectivity index (χ0v) is 26.3. The molecule has 0 aliphatic carbocycles. The van der Waals surface area contributed by atoms with E-state index in [2.05, 4.69) is 54.6 Å². The van der Waals surface area contributed by atoms with Crippen molar-refractivity contribution < 1.29 is 22.9 Å². The molecule has 0 amide bonds. The zero-order valence-electron chi connectivity index (χ0n) is 23.3. The second kappa shape index (κ2) is 15.5. The summed E-state index contributed by atoms with van der Waals surface area (Å²) in [7, 11) is -3.93. The number of carbonyl (C=O) groups excluding carboxylic acids is 2. The average Bonchev–Trinajstić information content (AvgIpc) is 2.79. The van der Waals surface area contributed by atoms with Gasteiger partial charge in [0, 0.05) is 6.61 Å². The van der Waals surface area contributed by atoms with E-state index in [0.717, 1.165) is 61.9 Å². The molecule has 0 heterocycles. The Kier molecular flexibility index (Phi) is 15.3. The monoisotopic (exact) mass is 519 g/mol. The fourth-order valence-electron chi connectivity index (χ4n) is 4.45. The van der Waals surface area contributed by atoms with Crippen molar-refractivity contribution in [3.63, 3.8) is 0 Å². The molecule has 0 aromatic carbocycles. The number of nitrogens with zero attached hydrogens (tertiary/aromatic N) is 1. The van der Waals surface area contributed by atoms with E-state index >= 15 is 0 Å². The number of likely N-dealkylation sites (N-methyl/N-ethyl adjacent to an activating group) is 1. The van der Waals surface area contributed by atoms with Gasteiger partial charge in [0.15, 0.2) is 8.32 Å². The molecule has 9 heteroatoms. The summed E-state index contributed by atoms with van der Waals surface area (Å²) in [4.78, 5) is 28.4. The summed E-state index contributed by atoms with van der Waals surface area (Å²) in [5, 5.41) is 0. The van der Waals surface area contributed by atoms with Crippen molar-refractivity contribution in [1.29, 1.82) is 0 Å². The van der Waals surface area contributed by atoms with Gasteiger partial charge in [-0.3, -0.25) is 14.5 Å². The predicted molar refractivity (Wildman–Crippen MR) is 146 cm³/mol. The van der Waals surface area contributed by atoms with E-state index in [-0.39, 0.29) is 18.4 Å². The lowest BCUT2D eigenvalue weighted by Gasteiger charge is -2.34. The van der Waals surface area contributed by atoms with Crippen molar-refractivity contribution in [2.75, 3.05) is 20.2 Å². The molecule has 1 atom stereocenters. The maximum absolute atomic E-state index is 13.4. The van der Waals surface area contributed by atoms with Crippen LogP contribution in [0.4, 0.5) is 0 Å². The molecule has 0 aliphatic rings. The van der Waals surface area contributed by atoms with Crippen LogP contribution in [0.15, 0.2) is 0 Å². The summed E-state index contributed by atoms with van der Waals surface area (Å²) in [6, 6.07) is 5.85. The van der Waals surface area contributed by atoms with Crippen molar-refractivity contribution >= 4 is 36.9 Å². The summed E-state index contributed by atoms with van der Waals surface area (Å²) >= 11 is 0. The number of hydrogen-bond acceptors (Lipinski definition) is 6. The van der Waals surface area contributed by atoms with Crippen LogP contribution in [0.5, 0.6) is 0 Å². The van der Waals surface area contributed by atoms with Gasteiger partial charge in [0.1, 0.15) is 6.04 Å². The maximum atomic E-state index is 13.4. The molecule has 0 aromatic heterocycles. The van der Waals surface area contributed by atoms with Gasteiger partial charge in [-0.1, -0.05) is 41.5 Å². The third kappa shape index (κ3) is 10.8. The molecule has 0 bridgehead atoms. The van der Waals surface area contributed by atoms with Gasteiger partial charge in [-0.15, -0.1) is 0 Å². The second-order valence-electron chi connectivity index (χ2n) is 9.88. The van der Waals surface area contributed by atoms with E-state index in [1.54, 1.807) is 0 Å². The third-order valence-corrected chi connectivity index (χ3v) is 19.2. The summed E-state index contributed by atoms with van der Waals surface area (Å²) < 4.78 is 18.2. The Hall–Kier alpha value is -0.489. The first kappa shape index (κ1) is 32.5. The first-order valence-electron chi connectivity index (χ1n) is 13.2. The van der Waals surface area contributed by atoms with E-state index in [1.165, 1.54) is 0 Å². The quantitative estimate of drug-likeness (QED) is 0.195. The standard InChI is InChI=1S/C24H53NO5Si3/c1-11-28-31(9,10)20-18-19-25(8)22(24(27)30-33(15-5,16-6)17-7)21-23(26)29-32(12-2,13-3)14-4/h22H,11-21H2,1-10H3. The topological polar surface area (TPSA) is 65.1 Å². The summed E-state index contributed by atoms with van der Waals surface area (Å²) in [6.07, 6.45) is 1.00. The van der Waals surface area contributed by atoms with E-state index in [1.807, 2.05) is 18.9 Å². The second-order valence-corrected chi connectivity index (χ2v) is 23.6. The van der Waals surface area contributed by atoms with Crippen LogP contribution in [0.3, 0.4) is 0 Å². The van der Waals surface area contributed by atoms with Gasteiger partial charge in [0.05, 0.1) is 6.42 Å². The summed E-state index contributed by atoms with van der Waals surface area (Å²) in [6.45, 7) is 20.6. The fraction of sp³-hybridized carbons (Fsp3) is 0.917. The van der Waals surface area contributed by atoms with Crippen molar-refractivity contribution in [1.82, 2.24) is 4.90 Å². The molecule has 0 spiro atoms. The lowest BCUT2D eigenvalue weighted by molar-refractivity contribution is -0.147. The SMILES string of the molecule is CCO[Si](C)(C)CCCN(C)C(CC(=O)O[Si](CC)(CC)CC)C(=O)O[Si](CC)(CC)CC. The average molecular weight is 520 g/mol. The fourth-order valence-corrected chi connectivity index (χ4v) is 11.4. The van der Waals surface area contributed by atoms with Crippen LogP contribution in [-0.2, 0) is 22.9 Å². The predicted octanol–water partition coefficient (Wildman–Crippen LogP) is 6.41. The molecule has 0 aromatic rings. The van der Waals surface area contributed by atoms with Gasteiger partial charge in [-0.2, -0.15) is 0 Å². The van der Waals surface area contributed by atoms with Crippen molar-refractivity contribution in [2.45, 2.75) is 123 Å². The molecular formula is C24H53NO5Si3. The molecule has 0 rings (SSSR count). The largest absolute Gasteiger partial charge is 0.519 e. The summed E-state index contributed by atoms with van der Waals surface area (Å²) in [5.41, 5.74) is 0. The highest BCUT2D eigenvalue weighted by atomic mass is 28.4. The lowest BCUT2D eigenvalue weighted by atomic mass is 10.2. The van der Waals surface area contributed by atoms with Gasteiger partial charge >= 0.3 is 5.97 Å². The van der Waals surface area contributed by atoms with Crippen molar-refractivity contribution in [3.05, 3.63) is 0 Å². The molecule has 33 heavy (non-hydrogen) atoms. The smallest absolute Gasteiger partial charge is 0.310 e. The number of hydrogen-bond donors (Lipinski definition) is 0. The lowest BCUT2D eigenvalue weighted by Crippen LogP contribution is -2.49. The molecule has 0 radical (unpaired) electrons. The van der Waals surface area contributed by atoms with Gasteiger partial charge < -0.3 is 13.3 Å². The first-order chi connectivity index (χ1) is 15.4. The van der Waals surface area contributed by atoms with E-state index in [9.17, 15) is 9.59 Å². The van der Waals surface area contributed by atoms with Crippen molar-refractivity contribution in [2.24, 2.45) is 0 Å². The van der Waals surface area contributed by atoms with E-state index in [4.69, 9.17) is 13.3 Å². The van der Waals surface area contributed by atoms with Gasteiger partial charge in [-0.05, 0) is 82.3 Å². The summed E-state index contributed by atoms with van der Waals surface area (Å²) in [5.74, 6) is -0.494. The number of rotatable bonds is 18. The molecule has 0 fully saturated rings. The minimum Gasteiger partial charge on any atom is -0.519 e. The Morgan fingerprint density at radius 1 is 0.788 bits per heavy atom. The van der Waals surface area contributed by atoms with E-state index in [0.29, 0.717) is 0 Å². The molecular weight excluding hydrogens is 467 g/mol. The third-order valence-electron chi connectivity index (χ3n) is 7.50. The van der Waals surface area contributed by atoms with Crippen LogP contribution in [0.25, 0.3) is 0 Å². The normalized spacial score (nSPS) is 13.8. The highest BCUT2D eigenvalue weighted by molar-refractivity contribution is 6.75. The Balaban J connectivity index is 5.53. The molecule has 0 aliphatic heterocycles. The van der Waals surface area contributed by atoms with Gasteiger partial charge in [0.25, 0.3) is 22.6 Å². The minimum atomic E-state index is -2.11. The Bertz CT molecular complexity index is 564. The zero-order chi connectivity index (χ0) is 25.7. The Morgan fingerprint density at radius 2 is 1.24 bits per heavy atom. The highest BCUT2D eigenvalue weighted by Crippen LogP contribution is 2.26. The van der Waals surface area contributed by atoms with Crippen molar-refractivity contribution in [3.8, 4) is 0 Å². The highest BCUT2D eigenvalue weighted by Gasteiger charge is 2.39. The molecule has 0 N–H and O–H groups in total. The first-order valence-corrected chi connectivity index (χ1v) is 21.4. The van der Waals surface area contributed by atoms with Gasteiger partial charge in [0.2, 0.25) is 0 Å². The van der Waals surface area contributed by atoms with Gasteiger partial charge in [-0.25, -0.2) is 0 Å². The minimum absolute atomic E-state index is 0.0674. The Labute approximate surface area is 207 Å². The van der Waals surface area contributed by atoms with Crippen LogP contribution in [-0.4, -0.2) is 68.0 Å². The molecule has 196 valence electrons. The number of carbonyl (C=O) groups is 2. The maximum Gasteiger partial charge on any atom is 0.310 e. The van der Waals surface area contributed by atoms with Crippen LogP contribution >= 0.6 is 0 Å².